The molecule has 0 fully saturated rings. The van der Waals surface area contributed by atoms with Gasteiger partial charge in [0.15, 0.2) is 0 Å². The van der Waals surface area contributed by atoms with Gasteiger partial charge in [-0.15, -0.1) is 10.2 Å². The van der Waals surface area contributed by atoms with E-state index in [0.717, 1.165) is 15.6 Å². The van der Waals surface area contributed by atoms with Crippen molar-refractivity contribution in [3.8, 4) is 17.1 Å². The molecule has 0 aliphatic heterocycles. The number of carbonyl (C=O) groups is 1. The lowest BCUT2D eigenvalue weighted by atomic mass is 10.2. The van der Waals surface area contributed by atoms with Gasteiger partial charge < -0.3 is 14.6 Å². The number of sulfonamides is 1. The molecule has 1 amide bonds. The molecule has 3 aromatic rings. The highest BCUT2D eigenvalue weighted by Gasteiger charge is 2.27. The Morgan fingerprint density at radius 2 is 2.00 bits per heavy atom. The van der Waals surface area contributed by atoms with E-state index in [0.29, 0.717) is 17.1 Å². The number of hydrogen-bond donors (Lipinski definition) is 1. The Morgan fingerprint density at radius 1 is 1.28 bits per heavy atom. The first-order chi connectivity index (χ1) is 13.8. The molecule has 0 spiro atoms. The van der Waals surface area contributed by atoms with Crippen molar-refractivity contribution in [1.29, 1.82) is 0 Å². The Balaban J connectivity index is 1.71. The average Bonchev–Trinajstić information content (AvgIpc) is 3.38. The van der Waals surface area contributed by atoms with Crippen LogP contribution in [0.15, 0.2) is 33.1 Å². The van der Waals surface area contributed by atoms with Gasteiger partial charge in [-0.3, -0.25) is 4.79 Å². The lowest BCUT2D eigenvalue weighted by Crippen LogP contribution is -2.26. The van der Waals surface area contributed by atoms with Gasteiger partial charge in [-0.2, -0.15) is 9.29 Å². The van der Waals surface area contributed by atoms with Crippen LogP contribution in [0.3, 0.4) is 0 Å². The van der Waals surface area contributed by atoms with Crippen LogP contribution in [0.5, 0.6) is 5.75 Å². The smallest absolute Gasteiger partial charge is 0.272 e. The van der Waals surface area contributed by atoms with Gasteiger partial charge in [0.25, 0.3) is 10.0 Å². The lowest BCUT2D eigenvalue weighted by Gasteiger charge is -2.11. The van der Waals surface area contributed by atoms with Crippen LogP contribution in [0, 0.1) is 0 Å². The third-order valence-corrected chi connectivity index (χ3v) is 6.77. The van der Waals surface area contributed by atoms with E-state index in [1.807, 2.05) is 0 Å². The van der Waals surface area contributed by atoms with E-state index < -0.39 is 10.0 Å². The molecule has 0 saturated carbocycles. The number of nitrogens with zero attached hydrogens (tertiary/aromatic N) is 5. The van der Waals surface area contributed by atoms with E-state index in [1.54, 1.807) is 38.3 Å². The van der Waals surface area contributed by atoms with Crippen molar-refractivity contribution in [3.63, 3.8) is 0 Å². The summed E-state index contributed by atoms with van der Waals surface area (Å²) >= 11 is 0.766. The highest BCUT2D eigenvalue weighted by molar-refractivity contribution is 7.91. The maximum absolute atomic E-state index is 12.7. The number of rotatable bonds is 8. The van der Waals surface area contributed by atoms with E-state index in [2.05, 4.69) is 25.7 Å². The number of methoxy groups -OCH3 is 1. The third kappa shape index (κ3) is 4.75. The minimum atomic E-state index is -3.94. The monoisotopic (exact) mass is 438 g/mol. The molecule has 0 bridgehead atoms. The fourth-order valence-electron chi connectivity index (χ4n) is 2.16. The number of carbonyl (C=O) groups excluding carboxylic acids is 1. The quantitative estimate of drug-likeness (QED) is 0.521. The molecule has 154 valence electrons. The van der Waals surface area contributed by atoms with Gasteiger partial charge in [0.2, 0.25) is 27.1 Å². The Morgan fingerprint density at radius 3 is 2.66 bits per heavy atom. The molecule has 29 heavy (non-hydrogen) atoms. The molecular formula is C16H18N6O5S2. The highest BCUT2D eigenvalue weighted by atomic mass is 32.2. The van der Waals surface area contributed by atoms with Crippen LogP contribution >= 0.6 is 11.3 Å². The van der Waals surface area contributed by atoms with Crippen LogP contribution in [0.1, 0.15) is 19.2 Å². The molecule has 1 aromatic carbocycles. The second-order valence-electron chi connectivity index (χ2n) is 5.78. The summed E-state index contributed by atoms with van der Waals surface area (Å²) in [5, 5.41) is 13.8. The van der Waals surface area contributed by atoms with Crippen molar-refractivity contribution in [3.05, 3.63) is 30.2 Å². The number of aromatic nitrogens is 4. The molecule has 2 heterocycles. The van der Waals surface area contributed by atoms with Crippen molar-refractivity contribution in [2.45, 2.75) is 24.2 Å². The summed E-state index contributed by atoms with van der Waals surface area (Å²) in [7, 11) is -1.02. The highest BCUT2D eigenvalue weighted by Crippen LogP contribution is 2.24. The summed E-state index contributed by atoms with van der Waals surface area (Å²) in [5.41, 5.74) is 0.701. The molecular weight excluding hydrogens is 420 g/mol. The Labute approximate surface area is 170 Å². The number of benzene rings is 1. The second kappa shape index (κ2) is 8.63. The maximum atomic E-state index is 12.7. The molecule has 0 saturated heterocycles. The van der Waals surface area contributed by atoms with Crippen LogP contribution in [0.25, 0.3) is 11.4 Å². The third-order valence-electron chi connectivity index (χ3n) is 3.78. The van der Waals surface area contributed by atoms with Crippen molar-refractivity contribution < 1.29 is 22.5 Å². The van der Waals surface area contributed by atoms with Crippen molar-refractivity contribution in [2.75, 3.05) is 19.5 Å². The zero-order valence-corrected chi connectivity index (χ0v) is 17.5. The minimum Gasteiger partial charge on any atom is -0.497 e. The molecule has 2 aromatic heterocycles. The Hall–Kier alpha value is -2.90. The van der Waals surface area contributed by atoms with Gasteiger partial charge in [0, 0.05) is 19.0 Å². The number of nitrogens with one attached hydrogen (secondary N) is 1. The molecule has 13 heteroatoms. The predicted molar refractivity (Wildman–Crippen MR) is 104 cm³/mol. The molecule has 0 aliphatic rings. The van der Waals surface area contributed by atoms with Crippen molar-refractivity contribution >= 4 is 32.4 Å². The predicted octanol–water partition coefficient (Wildman–Crippen LogP) is 1.77. The summed E-state index contributed by atoms with van der Waals surface area (Å²) in [6.07, 6.45) is 0.245. The first-order valence-electron chi connectivity index (χ1n) is 8.40. The average molecular weight is 438 g/mol. The second-order valence-corrected chi connectivity index (χ2v) is 8.97. The molecule has 1 N–H and O–H groups in total. The minimum absolute atomic E-state index is 0.114. The van der Waals surface area contributed by atoms with E-state index >= 15 is 0 Å². The first-order valence-corrected chi connectivity index (χ1v) is 10.7. The summed E-state index contributed by atoms with van der Waals surface area (Å²) in [6, 6.07) is 7.04. The van der Waals surface area contributed by atoms with Crippen LogP contribution in [0.4, 0.5) is 5.13 Å². The van der Waals surface area contributed by atoms with Gasteiger partial charge in [0.1, 0.15) is 5.75 Å². The first kappa shape index (κ1) is 20.8. The lowest BCUT2D eigenvalue weighted by molar-refractivity contribution is -0.115. The zero-order chi connectivity index (χ0) is 21.0. The SMILES string of the molecule is CCC(=O)Nc1nnc(S(=O)(=O)N(C)Cc2nc(-c3ccc(OC)cc3)no2)s1. The largest absolute Gasteiger partial charge is 0.497 e. The summed E-state index contributed by atoms with van der Waals surface area (Å²) in [4.78, 5) is 15.6. The topological polar surface area (TPSA) is 140 Å². The summed E-state index contributed by atoms with van der Waals surface area (Å²) in [6.45, 7) is 1.52. The number of anilines is 1. The van der Waals surface area contributed by atoms with E-state index in [9.17, 15) is 13.2 Å². The van der Waals surface area contributed by atoms with Gasteiger partial charge in [-0.25, -0.2) is 8.42 Å². The van der Waals surface area contributed by atoms with Crippen molar-refractivity contribution in [1.82, 2.24) is 24.6 Å². The summed E-state index contributed by atoms with van der Waals surface area (Å²) in [5.74, 6) is 0.852. The van der Waals surface area contributed by atoms with Crippen LogP contribution in [0.2, 0.25) is 0 Å². The fourth-order valence-corrected chi connectivity index (χ4v) is 4.38. The molecule has 3 rings (SSSR count). The van der Waals surface area contributed by atoms with Crippen molar-refractivity contribution in [2.24, 2.45) is 0 Å². The number of hydrogen-bond acceptors (Lipinski definition) is 10. The van der Waals surface area contributed by atoms with Gasteiger partial charge >= 0.3 is 0 Å². The van der Waals surface area contributed by atoms with Crippen LogP contribution in [-0.4, -0.2) is 53.1 Å². The summed E-state index contributed by atoms with van der Waals surface area (Å²) < 4.78 is 36.4. The normalized spacial score (nSPS) is 11.6. The van der Waals surface area contributed by atoms with E-state index in [-0.39, 0.29) is 34.2 Å². The maximum Gasteiger partial charge on any atom is 0.272 e. The van der Waals surface area contributed by atoms with Crippen LogP contribution in [-0.2, 0) is 21.4 Å². The zero-order valence-electron chi connectivity index (χ0n) is 15.8. The molecule has 0 aliphatic carbocycles. The molecule has 0 unspecified atom stereocenters. The molecule has 0 atom stereocenters. The van der Waals surface area contributed by atoms with Crippen LogP contribution < -0.4 is 10.1 Å². The number of ether oxygens (including phenoxy) is 1. The van der Waals surface area contributed by atoms with Gasteiger partial charge in [-0.1, -0.05) is 23.4 Å². The Kier molecular flexibility index (Phi) is 6.20. The molecule has 11 nitrogen and oxygen atoms in total. The number of amides is 1. The fraction of sp³-hybridized carbons (Fsp3) is 0.312. The van der Waals surface area contributed by atoms with E-state index in [1.165, 1.54) is 7.05 Å². The van der Waals surface area contributed by atoms with Gasteiger partial charge in [-0.05, 0) is 24.3 Å². The Bertz CT molecular complexity index is 1090. The van der Waals surface area contributed by atoms with E-state index in [4.69, 9.17) is 9.26 Å². The standard InChI is InChI=1S/C16H18N6O5S2/c1-4-12(23)17-15-19-20-16(28-15)29(24,25)22(2)9-13-18-14(21-27-13)10-5-7-11(26-3)8-6-10/h5-8H,4,9H2,1-3H3,(H,17,19,23). The molecule has 0 radical (unpaired) electrons. The van der Waals surface area contributed by atoms with Gasteiger partial charge in [0.05, 0.1) is 13.7 Å².